The normalized spacial score (nSPS) is 11.3. The summed E-state index contributed by atoms with van der Waals surface area (Å²) in [7, 11) is 3.83. The highest BCUT2D eigenvalue weighted by atomic mass is 32.1. The van der Waals surface area contributed by atoms with E-state index < -0.39 is 0 Å². The van der Waals surface area contributed by atoms with Gasteiger partial charge < -0.3 is 14.8 Å². The Labute approximate surface area is 156 Å². The first-order valence-electron chi connectivity index (χ1n) is 8.46. The number of nitrogens with zero attached hydrogens (tertiary/aromatic N) is 3. The van der Waals surface area contributed by atoms with Gasteiger partial charge in [-0.3, -0.25) is 9.59 Å². The van der Waals surface area contributed by atoms with E-state index in [0.29, 0.717) is 39.6 Å². The number of hydrogen-bond acceptors (Lipinski definition) is 5. The van der Waals surface area contributed by atoms with Gasteiger partial charge in [-0.25, -0.2) is 4.98 Å². The monoisotopic (exact) mass is 370 g/mol. The molecule has 3 aromatic rings. The van der Waals surface area contributed by atoms with Gasteiger partial charge in [0.05, 0.1) is 16.8 Å². The zero-order chi connectivity index (χ0) is 18.8. The SMILES string of the molecule is CCN(C(=O)c1sc2nc(CN(C)C)[nH]c(=O)c2c1C)c1ccccc1. The van der Waals surface area contributed by atoms with Crippen molar-refractivity contribution in [1.82, 2.24) is 14.9 Å². The number of aromatic nitrogens is 2. The molecule has 1 N–H and O–H groups in total. The molecule has 0 atom stereocenters. The summed E-state index contributed by atoms with van der Waals surface area (Å²) in [6.45, 7) is 4.84. The van der Waals surface area contributed by atoms with Gasteiger partial charge in [-0.05, 0) is 45.6 Å². The van der Waals surface area contributed by atoms with Crippen LogP contribution in [0.1, 0.15) is 28.0 Å². The van der Waals surface area contributed by atoms with Crippen molar-refractivity contribution in [3.05, 3.63) is 57.0 Å². The van der Waals surface area contributed by atoms with Crippen molar-refractivity contribution in [3.63, 3.8) is 0 Å². The zero-order valence-electron chi connectivity index (χ0n) is 15.4. The van der Waals surface area contributed by atoms with Crippen LogP contribution in [-0.4, -0.2) is 41.4 Å². The lowest BCUT2D eigenvalue weighted by atomic mass is 10.2. The van der Waals surface area contributed by atoms with Crippen molar-refractivity contribution in [3.8, 4) is 0 Å². The molecule has 0 spiro atoms. The molecular formula is C19H22N4O2S. The van der Waals surface area contributed by atoms with Gasteiger partial charge in [0, 0.05) is 12.2 Å². The van der Waals surface area contributed by atoms with Gasteiger partial charge in [-0.15, -0.1) is 11.3 Å². The Hall–Kier alpha value is -2.51. The topological polar surface area (TPSA) is 69.3 Å². The molecule has 2 aromatic heterocycles. The number of hydrogen-bond donors (Lipinski definition) is 1. The van der Waals surface area contributed by atoms with Gasteiger partial charge in [0.25, 0.3) is 11.5 Å². The van der Waals surface area contributed by atoms with E-state index in [-0.39, 0.29) is 11.5 Å². The van der Waals surface area contributed by atoms with Crippen LogP contribution in [0.5, 0.6) is 0 Å². The first kappa shape index (κ1) is 18.3. The average Bonchev–Trinajstić information content (AvgIpc) is 2.93. The van der Waals surface area contributed by atoms with Crippen molar-refractivity contribution in [1.29, 1.82) is 0 Å². The Morgan fingerprint density at radius 3 is 2.54 bits per heavy atom. The number of aryl methyl sites for hydroxylation is 1. The van der Waals surface area contributed by atoms with Crippen LogP contribution in [-0.2, 0) is 6.54 Å². The quantitative estimate of drug-likeness (QED) is 0.749. The van der Waals surface area contributed by atoms with Crippen LogP contribution in [0.25, 0.3) is 10.2 Å². The highest BCUT2D eigenvalue weighted by Gasteiger charge is 2.23. The largest absolute Gasteiger partial charge is 0.309 e. The lowest BCUT2D eigenvalue weighted by Crippen LogP contribution is -2.30. The zero-order valence-corrected chi connectivity index (χ0v) is 16.2. The Balaban J connectivity index is 2.07. The second-order valence-corrected chi connectivity index (χ2v) is 7.37. The molecular weight excluding hydrogens is 348 g/mol. The molecule has 1 amide bonds. The molecule has 0 fully saturated rings. The van der Waals surface area contributed by atoms with Gasteiger partial charge in [0.15, 0.2) is 0 Å². The van der Waals surface area contributed by atoms with Crippen molar-refractivity contribution >= 4 is 33.1 Å². The van der Waals surface area contributed by atoms with Crippen LogP contribution in [0.15, 0.2) is 35.1 Å². The molecule has 0 aliphatic carbocycles. The van der Waals surface area contributed by atoms with E-state index >= 15 is 0 Å². The minimum atomic E-state index is -0.192. The number of thiophene rings is 1. The van der Waals surface area contributed by atoms with E-state index in [0.717, 1.165) is 5.69 Å². The van der Waals surface area contributed by atoms with Crippen LogP contribution in [0.3, 0.4) is 0 Å². The predicted molar refractivity (Wildman–Crippen MR) is 106 cm³/mol. The number of benzene rings is 1. The van der Waals surface area contributed by atoms with Gasteiger partial charge >= 0.3 is 0 Å². The van der Waals surface area contributed by atoms with E-state index in [1.807, 2.05) is 63.2 Å². The number of amides is 1. The molecule has 0 saturated heterocycles. The third-order valence-corrected chi connectivity index (χ3v) is 5.31. The molecule has 0 radical (unpaired) electrons. The first-order valence-corrected chi connectivity index (χ1v) is 9.28. The molecule has 3 rings (SSSR count). The van der Waals surface area contributed by atoms with Gasteiger partial charge in [0.1, 0.15) is 10.7 Å². The first-order chi connectivity index (χ1) is 12.4. The minimum Gasteiger partial charge on any atom is -0.309 e. The van der Waals surface area contributed by atoms with Crippen LogP contribution < -0.4 is 10.5 Å². The number of H-pyrrole nitrogens is 1. The molecule has 0 saturated carbocycles. The summed E-state index contributed by atoms with van der Waals surface area (Å²) in [5.41, 5.74) is 1.34. The van der Waals surface area contributed by atoms with Crippen molar-refractivity contribution in [2.24, 2.45) is 0 Å². The molecule has 0 aliphatic heterocycles. The van der Waals surface area contributed by atoms with Crippen LogP contribution >= 0.6 is 11.3 Å². The Morgan fingerprint density at radius 1 is 1.23 bits per heavy atom. The van der Waals surface area contributed by atoms with Gasteiger partial charge in [-0.1, -0.05) is 18.2 Å². The Bertz CT molecular complexity index is 992. The summed E-state index contributed by atoms with van der Waals surface area (Å²) in [4.78, 5) is 37.8. The summed E-state index contributed by atoms with van der Waals surface area (Å²) in [5, 5.41) is 0.505. The fourth-order valence-electron chi connectivity index (χ4n) is 2.94. The van der Waals surface area contributed by atoms with E-state index in [9.17, 15) is 9.59 Å². The minimum absolute atomic E-state index is 0.104. The maximum atomic E-state index is 13.1. The third kappa shape index (κ3) is 3.40. The summed E-state index contributed by atoms with van der Waals surface area (Å²) in [6.07, 6.45) is 0. The number of carbonyl (C=O) groups excluding carboxylic acids is 1. The molecule has 1 aromatic carbocycles. The standard InChI is InChI=1S/C19H22N4O2S/c1-5-23(13-9-7-6-8-10-13)19(25)16-12(2)15-17(24)20-14(11-22(3)4)21-18(15)26-16/h6-10H,5,11H2,1-4H3,(H,20,21,24). The van der Waals surface area contributed by atoms with E-state index in [1.165, 1.54) is 11.3 Å². The molecule has 7 heteroatoms. The van der Waals surface area contributed by atoms with Crippen LogP contribution in [0, 0.1) is 6.92 Å². The number of aromatic amines is 1. The molecule has 0 bridgehead atoms. The van der Waals surface area contributed by atoms with E-state index in [1.54, 1.807) is 4.90 Å². The maximum Gasteiger partial charge on any atom is 0.268 e. The van der Waals surface area contributed by atoms with Gasteiger partial charge in [0.2, 0.25) is 0 Å². The van der Waals surface area contributed by atoms with Crippen molar-refractivity contribution in [2.75, 3.05) is 25.5 Å². The molecule has 136 valence electrons. The second kappa shape index (κ2) is 7.39. The van der Waals surface area contributed by atoms with Gasteiger partial charge in [-0.2, -0.15) is 0 Å². The fourth-order valence-corrected chi connectivity index (χ4v) is 4.09. The third-order valence-electron chi connectivity index (χ3n) is 4.14. The van der Waals surface area contributed by atoms with E-state index in [2.05, 4.69) is 9.97 Å². The number of rotatable bonds is 5. The lowest BCUT2D eigenvalue weighted by molar-refractivity contribution is 0.0991. The van der Waals surface area contributed by atoms with Crippen molar-refractivity contribution < 1.29 is 4.79 Å². The number of nitrogens with one attached hydrogen (secondary N) is 1. The number of anilines is 1. The second-order valence-electron chi connectivity index (χ2n) is 6.37. The molecule has 2 heterocycles. The Morgan fingerprint density at radius 2 is 1.92 bits per heavy atom. The average molecular weight is 370 g/mol. The lowest BCUT2D eigenvalue weighted by Gasteiger charge is -2.20. The predicted octanol–water partition coefficient (Wildman–Crippen LogP) is 3.02. The Kier molecular flexibility index (Phi) is 5.20. The summed E-state index contributed by atoms with van der Waals surface area (Å²) < 4.78 is 0. The summed E-state index contributed by atoms with van der Waals surface area (Å²) in [5.74, 6) is 0.496. The number of carbonyl (C=O) groups is 1. The summed E-state index contributed by atoms with van der Waals surface area (Å²) in [6, 6.07) is 9.54. The van der Waals surface area contributed by atoms with Crippen LogP contribution in [0.4, 0.5) is 5.69 Å². The highest BCUT2D eigenvalue weighted by Crippen LogP contribution is 2.29. The highest BCUT2D eigenvalue weighted by molar-refractivity contribution is 7.20. The fraction of sp³-hybridized carbons (Fsp3) is 0.316. The number of para-hydroxylation sites is 1. The maximum absolute atomic E-state index is 13.1. The van der Waals surface area contributed by atoms with Crippen molar-refractivity contribution in [2.45, 2.75) is 20.4 Å². The summed E-state index contributed by atoms with van der Waals surface area (Å²) >= 11 is 1.28. The molecule has 0 unspecified atom stereocenters. The molecule has 26 heavy (non-hydrogen) atoms. The smallest absolute Gasteiger partial charge is 0.268 e. The molecule has 0 aliphatic rings. The van der Waals surface area contributed by atoms with Crippen LogP contribution in [0.2, 0.25) is 0 Å². The molecule has 6 nitrogen and oxygen atoms in total. The van der Waals surface area contributed by atoms with E-state index in [4.69, 9.17) is 0 Å². The number of fused-ring (bicyclic) bond motifs is 1.